The van der Waals surface area contributed by atoms with Crippen LogP contribution in [0.15, 0.2) is 79.9 Å². The van der Waals surface area contributed by atoms with Crippen molar-refractivity contribution in [2.24, 2.45) is 0 Å². The van der Waals surface area contributed by atoms with Gasteiger partial charge in [-0.3, -0.25) is 14.6 Å². The number of hydrogen-bond acceptors (Lipinski definition) is 10. The van der Waals surface area contributed by atoms with Crippen LogP contribution in [-0.2, 0) is 11.3 Å². The molecule has 0 saturated carbocycles. The Morgan fingerprint density at radius 1 is 1.04 bits per heavy atom. The van der Waals surface area contributed by atoms with E-state index in [1.807, 2.05) is 4.57 Å². The summed E-state index contributed by atoms with van der Waals surface area (Å²) in [6.45, 7) is 1.62. The average Bonchev–Trinajstić information content (AvgIpc) is 3.91. The van der Waals surface area contributed by atoms with Gasteiger partial charge in [-0.1, -0.05) is 11.6 Å². The number of hydrogen-bond donors (Lipinski definition) is 1. The molecule has 0 unspecified atom stereocenters. The van der Waals surface area contributed by atoms with Crippen LogP contribution in [0.25, 0.3) is 28.0 Å². The number of carbonyl (C=O) groups is 2. The minimum Gasteiger partial charge on any atom is -0.463 e. The van der Waals surface area contributed by atoms with Crippen LogP contribution in [0.3, 0.4) is 0 Å². The van der Waals surface area contributed by atoms with E-state index in [1.165, 1.54) is 47.4 Å². The first-order valence-corrected chi connectivity index (χ1v) is 17.4. The molecule has 4 aromatic heterocycles. The van der Waals surface area contributed by atoms with E-state index in [-0.39, 0.29) is 48.1 Å². The number of nitrogens with one attached hydrogen (secondary N) is 1. The Kier molecular flexibility index (Phi) is 9.35. The van der Waals surface area contributed by atoms with E-state index < -0.39 is 23.6 Å². The smallest absolute Gasteiger partial charge is 0.316 e. The fourth-order valence-electron chi connectivity index (χ4n) is 6.86. The highest BCUT2D eigenvalue weighted by Gasteiger charge is 2.42. The molecule has 1 saturated heterocycles. The Morgan fingerprint density at radius 2 is 1.91 bits per heavy atom. The van der Waals surface area contributed by atoms with Crippen molar-refractivity contribution in [3.63, 3.8) is 0 Å². The minimum absolute atomic E-state index is 0.127. The molecule has 2 aliphatic heterocycles. The Bertz CT molecular complexity index is 2300. The van der Waals surface area contributed by atoms with Crippen LogP contribution in [0.4, 0.5) is 14.6 Å². The largest absolute Gasteiger partial charge is 0.463 e. The first-order chi connectivity index (χ1) is 25.8. The van der Waals surface area contributed by atoms with E-state index in [0.717, 1.165) is 0 Å². The molecule has 2 aliphatic rings. The highest BCUT2D eigenvalue weighted by atomic mass is 35.5. The summed E-state index contributed by atoms with van der Waals surface area (Å²) >= 11 is 6.28. The fourth-order valence-corrected chi connectivity index (χ4v) is 7.12. The number of benzene rings is 2. The van der Waals surface area contributed by atoms with E-state index in [1.54, 1.807) is 47.0 Å². The van der Waals surface area contributed by atoms with Crippen LogP contribution in [0.2, 0.25) is 5.02 Å². The Labute approximate surface area is 306 Å². The predicted molar refractivity (Wildman–Crippen MR) is 189 cm³/mol. The molecule has 8 rings (SSSR count). The summed E-state index contributed by atoms with van der Waals surface area (Å²) in [5.41, 5.74) is 2.80. The lowest BCUT2D eigenvalue weighted by Crippen LogP contribution is -2.48. The lowest BCUT2D eigenvalue weighted by molar-refractivity contribution is -0.135. The highest BCUT2D eigenvalue weighted by Crippen LogP contribution is 2.31. The lowest BCUT2D eigenvalue weighted by Gasteiger charge is -2.30. The second-order valence-electron chi connectivity index (χ2n) is 12.8. The van der Waals surface area contributed by atoms with Gasteiger partial charge >= 0.3 is 6.01 Å². The van der Waals surface area contributed by atoms with Crippen LogP contribution >= 0.6 is 11.6 Å². The first kappa shape index (κ1) is 34.1. The molecule has 270 valence electrons. The molecule has 4 bridgehead atoms. The van der Waals surface area contributed by atoms with Crippen LogP contribution in [0.5, 0.6) is 6.01 Å². The Balaban J connectivity index is 1.12. The van der Waals surface area contributed by atoms with Gasteiger partial charge < -0.3 is 24.4 Å². The molecule has 0 radical (unpaired) electrons. The quantitative estimate of drug-likeness (QED) is 0.227. The van der Waals surface area contributed by atoms with Gasteiger partial charge in [-0.05, 0) is 49.6 Å². The summed E-state index contributed by atoms with van der Waals surface area (Å²) in [6.07, 6.45) is 12.2. The molecule has 53 heavy (non-hydrogen) atoms. The molecule has 0 spiro atoms. The SMILES string of the molecule is O=C1[C@@H]2C[C@@H](CN2C(=O)c2cnn(-c3ccc(F)cc3Cl)c2)Nc2cncc(n2)-c2cc(F)cc3ncn(c23)CCCN1CCCOc1ncccn1. The summed E-state index contributed by atoms with van der Waals surface area (Å²) in [5, 5.41) is 7.81. The van der Waals surface area contributed by atoms with Gasteiger partial charge in [0.2, 0.25) is 5.91 Å². The number of ether oxygens (including phenoxy) is 1. The van der Waals surface area contributed by atoms with E-state index in [9.17, 15) is 18.4 Å². The van der Waals surface area contributed by atoms with Gasteiger partial charge in [-0.15, -0.1) is 0 Å². The number of amides is 2. The number of rotatable bonds is 7. The Morgan fingerprint density at radius 3 is 2.75 bits per heavy atom. The zero-order chi connectivity index (χ0) is 36.5. The number of likely N-dealkylation sites (tertiary alicyclic amines) is 1. The van der Waals surface area contributed by atoms with E-state index in [0.29, 0.717) is 66.3 Å². The molecular weight excluding hydrogens is 708 g/mol. The molecule has 2 atom stereocenters. The molecule has 1 N–H and O–H groups in total. The van der Waals surface area contributed by atoms with Gasteiger partial charge in [-0.2, -0.15) is 5.10 Å². The van der Waals surface area contributed by atoms with Crippen LogP contribution < -0.4 is 10.1 Å². The Hall–Kier alpha value is -6.03. The van der Waals surface area contributed by atoms with Crippen molar-refractivity contribution in [1.29, 1.82) is 0 Å². The van der Waals surface area contributed by atoms with E-state index in [4.69, 9.17) is 21.3 Å². The average molecular weight is 740 g/mol. The van der Waals surface area contributed by atoms with Crippen molar-refractivity contribution in [1.82, 2.24) is 49.1 Å². The minimum atomic E-state index is -0.830. The third-order valence-electron chi connectivity index (χ3n) is 9.26. The number of anilines is 1. The predicted octanol–water partition coefficient (Wildman–Crippen LogP) is 4.80. The summed E-state index contributed by atoms with van der Waals surface area (Å²) in [5.74, 6) is -1.18. The number of carbonyl (C=O) groups excluding carboxylic acids is 2. The zero-order valence-electron chi connectivity index (χ0n) is 28.1. The van der Waals surface area contributed by atoms with E-state index >= 15 is 0 Å². The van der Waals surface area contributed by atoms with Crippen LogP contribution in [0.1, 0.15) is 29.6 Å². The molecule has 14 nitrogen and oxygen atoms in total. The number of fused-ring (bicyclic) bond motifs is 5. The lowest BCUT2D eigenvalue weighted by atomic mass is 10.1. The third-order valence-corrected chi connectivity index (χ3v) is 9.56. The summed E-state index contributed by atoms with van der Waals surface area (Å²) < 4.78 is 37.6. The first-order valence-electron chi connectivity index (χ1n) is 17.0. The highest BCUT2D eigenvalue weighted by molar-refractivity contribution is 6.32. The summed E-state index contributed by atoms with van der Waals surface area (Å²) in [7, 11) is 0. The van der Waals surface area contributed by atoms with Gasteiger partial charge in [0.25, 0.3) is 5.91 Å². The molecule has 2 amide bonds. The van der Waals surface area contributed by atoms with Crippen LogP contribution in [-0.4, -0.2) is 99.2 Å². The number of aryl methyl sites for hydroxylation is 1. The summed E-state index contributed by atoms with van der Waals surface area (Å²) in [6, 6.07) is 7.41. The maximum Gasteiger partial charge on any atom is 0.316 e. The van der Waals surface area contributed by atoms with Crippen molar-refractivity contribution in [2.75, 3.05) is 31.6 Å². The summed E-state index contributed by atoms with van der Waals surface area (Å²) in [4.78, 5) is 53.9. The maximum atomic E-state index is 14.8. The normalized spacial score (nSPS) is 17.4. The van der Waals surface area contributed by atoms with Gasteiger partial charge in [0.15, 0.2) is 0 Å². The molecule has 2 aromatic carbocycles. The molecule has 1 fully saturated rings. The standard InChI is InChI=1S/C36H32ClF2N11O3/c37-27-13-23(38)4-5-30(27)50-19-22(16-44-50)34(51)49-20-25-15-31(49)35(52)47(10-3-11-53-36-41-6-1-7-42-36)8-2-9-48-21-43-28-14-24(39)12-26(33(28)48)29-17-40-18-32(45-25)46-29/h1,4-7,12-14,16-19,21,25,31H,2-3,8-11,15,20H2,(H,45,46)/t25-,31-/m0/s1. The topological polar surface area (TPSA) is 149 Å². The van der Waals surface area contributed by atoms with Crippen molar-refractivity contribution in [3.8, 4) is 23.0 Å². The number of nitrogens with zero attached hydrogens (tertiary/aromatic N) is 10. The van der Waals surface area contributed by atoms with Gasteiger partial charge in [0.1, 0.15) is 23.5 Å². The van der Waals surface area contributed by atoms with Crippen molar-refractivity contribution in [2.45, 2.75) is 37.9 Å². The number of aromatic nitrogens is 8. The molecule has 17 heteroatoms. The second kappa shape index (κ2) is 14.5. The van der Waals surface area contributed by atoms with Gasteiger partial charge in [-0.25, -0.2) is 33.4 Å². The number of halogens is 3. The fraction of sp³-hybridized carbons (Fsp3) is 0.278. The monoisotopic (exact) mass is 739 g/mol. The van der Waals surface area contributed by atoms with E-state index in [2.05, 4.69) is 30.4 Å². The zero-order valence-corrected chi connectivity index (χ0v) is 28.9. The molecule has 6 aromatic rings. The second-order valence-corrected chi connectivity index (χ2v) is 13.2. The molecule has 0 aliphatic carbocycles. The number of imidazole rings is 1. The molecule has 6 heterocycles. The maximum absolute atomic E-state index is 14.8. The van der Waals surface area contributed by atoms with Crippen molar-refractivity contribution in [3.05, 3.63) is 102 Å². The molecular formula is C36H32ClF2N11O3. The van der Waals surface area contributed by atoms with Crippen molar-refractivity contribution >= 4 is 40.3 Å². The van der Waals surface area contributed by atoms with Gasteiger partial charge in [0, 0.05) is 62.4 Å². The third kappa shape index (κ3) is 7.09. The van der Waals surface area contributed by atoms with Gasteiger partial charge in [0.05, 0.1) is 64.5 Å². The van der Waals surface area contributed by atoms with Crippen molar-refractivity contribution < 1.29 is 23.1 Å². The van der Waals surface area contributed by atoms with Crippen LogP contribution in [0, 0.1) is 11.6 Å².